The molecule has 1 heterocycles. The first-order valence-electron chi connectivity index (χ1n) is 4.88. The van der Waals surface area contributed by atoms with Gasteiger partial charge in [-0.1, -0.05) is 13.8 Å². The largest absolute Gasteiger partial charge is 0.451 e. The summed E-state index contributed by atoms with van der Waals surface area (Å²) in [6, 6.07) is 0.673. The zero-order chi connectivity index (χ0) is 9.26. The predicted molar refractivity (Wildman–Crippen MR) is 50.1 cm³/mol. The summed E-state index contributed by atoms with van der Waals surface area (Å²) in [6.45, 7) is 5.44. The molecule has 0 radical (unpaired) electrons. The van der Waals surface area contributed by atoms with Crippen LogP contribution in [0.5, 0.6) is 0 Å². The second kappa shape index (κ2) is 3.50. The topological polar surface area (TPSA) is 38.1 Å². The van der Waals surface area contributed by atoms with Gasteiger partial charge in [-0.3, -0.25) is 0 Å². The van der Waals surface area contributed by atoms with Crippen LogP contribution in [0.15, 0.2) is 17.1 Å². The average molecular weight is 180 g/mol. The van der Waals surface area contributed by atoms with E-state index in [9.17, 15) is 0 Å². The lowest BCUT2D eigenvalue weighted by atomic mass is 9.71. The number of hydrogen-bond acceptors (Lipinski definition) is 3. The summed E-state index contributed by atoms with van der Waals surface area (Å²) >= 11 is 0. The molecule has 1 aromatic rings. The maximum atomic E-state index is 4.90. The molecule has 0 spiro atoms. The normalized spacial score (nSPS) is 32.9. The molecule has 13 heavy (non-hydrogen) atoms. The zero-order valence-electron chi connectivity index (χ0n) is 8.16. The molecule has 3 nitrogen and oxygen atoms in total. The lowest BCUT2D eigenvalue weighted by molar-refractivity contribution is 0.136. The van der Waals surface area contributed by atoms with Gasteiger partial charge in [0.1, 0.15) is 6.26 Å². The smallest absolute Gasteiger partial charge is 0.180 e. The number of rotatable bonds is 3. The number of hydrogen-bond donors (Lipinski definition) is 1. The van der Waals surface area contributed by atoms with Gasteiger partial charge in [-0.25, -0.2) is 4.98 Å². The first kappa shape index (κ1) is 8.75. The van der Waals surface area contributed by atoms with Crippen molar-refractivity contribution in [3.63, 3.8) is 0 Å². The highest BCUT2D eigenvalue weighted by Crippen LogP contribution is 2.33. The highest BCUT2D eigenvalue weighted by Gasteiger charge is 2.33. The predicted octanol–water partition coefficient (Wildman–Crippen LogP) is 1.81. The van der Waals surface area contributed by atoms with Crippen molar-refractivity contribution in [3.05, 3.63) is 18.4 Å². The fraction of sp³-hybridized carbons (Fsp3) is 0.700. The van der Waals surface area contributed by atoms with Crippen molar-refractivity contribution >= 4 is 0 Å². The van der Waals surface area contributed by atoms with Crippen LogP contribution in [0, 0.1) is 11.8 Å². The summed E-state index contributed by atoms with van der Waals surface area (Å²) in [7, 11) is 0. The third kappa shape index (κ3) is 1.75. The van der Waals surface area contributed by atoms with Crippen molar-refractivity contribution in [1.29, 1.82) is 0 Å². The van der Waals surface area contributed by atoms with Crippen LogP contribution in [0.25, 0.3) is 0 Å². The van der Waals surface area contributed by atoms with E-state index < -0.39 is 0 Å². The van der Waals surface area contributed by atoms with Crippen LogP contribution in [-0.2, 0) is 6.54 Å². The second-order valence-electron chi connectivity index (χ2n) is 4.04. The Morgan fingerprint density at radius 2 is 2.46 bits per heavy atom. The molecule has 0 amide bonds. The molecule has 3 atom stereocenters. The summed E-state index contributed by atoms with van der Waals surface area (Å²) in [5.41, 5.74) is 0.992. The minimum atomic E-state index is 0.673. The fourth-order valence-electron chi connectivity index (χ4n) is 1.86. The molecule has 1 aliphatic rings. The molecular weight excluding hydrogens is 164 g/mol. The van der Waals surface area contributed by atoms with Gasteiger partial charge in [0.2, 0.25) is 0 Å². The molecule has 1 aliphatic carbocycles. The Balaban J connectivity index is 1.75. The lowest BCUT2D eigenvalue weighted by Crippen LogP contribution is -2.47. The summed E-state index contributed by atoms with van der Waals surface area (Å²) < 4.78 is 4.90. The summed E-state index contributed by atoms with van der Waals surface area (Å²) in [6.07, 6.45) is 4.46. The van der Waals surface area contributed by atoms with Gasteiger partial charge in [-0.2, -0.15) is 0 Å². The van der Waals surface area contributed by atoms with Crippen LogP contribution in [0.3, 0.4) is 0 Å². The van der Waals surface area contributed by atoms with E-state index in [0.717, 1.165) is 24.1 Å². The number of aromatic nitrogens is 1. The van der Waals surface area contributed by atoms with Gasteiger partial charge in [0, 0.05) is 12.6 Å². The minimum absolute atomic E-state index is 0.673. The Hall–Kier alpha value is -0.830. The summed E-state index contributed by atoms with van der Waals surface area (Å²) in [4.78, 5) is 4.06. The van der Waals surface area contributed by atoms with E-state index in [-0.39, 0.29) is 0 Å². The molecule has 72 valence electrons. The average Bonchev–Trinajstić information content (AvgIpc) is 2.64. The van der Waals surface area contributed by atoms with Crippen molar-refractivity contribution in [3.8, 4) is 0 Å². The third-order valence-corrected chi connectivity index (χ3v) is 3.19. The second-order valence-corrected chi connectivity index (χ2v) is 4.04. The van der Waals surface area contributed by atoms with E-state index in [2.05, 4.69) is 24.1 Å². The maximum absolute atomic E-state index is 4.90. The van der Waals surface area contributed by atoms with Crippen molar-refractivity contribution in [2.24, 2.45) is 11.8 Å². The van der Waals surface area contributed by atoms with Gasteiger partial charge in [0.25, 0.3) is 0 Å². The Bertz CT molecular complexity index is 258. The molecule has 1 aromatic heterocycles. The molecule has 2 rings (SSSR count). The Morgan fingerprint density at radius 1 is 1.62 bits per heavy atom. The molecule has 0 aromatic carbocycles. The van der Waals surface area contributed by atoms with Crippen LogP contribution >= 0.6 is 0 Å². The SMILES string of the molecule is CC1CC(NCc2cocn2)C1C. The molecule has 1 saturated carbocycles. The van der Waals surface area contributed by atoms with Crippen molar-refractivity contribution < 1.29 is 4.42 Å². The van der Waals surface area contributed by atoms with E-state index >= 15 is 0 Å². The molecule has 0 saturated heterocycles. The van der Waals surface area contributed by atoms with Crippen LogP contribution in [0.2, 0.25) is 0 Å². The Kier molecular flexibility index (Phi) is 2.36. The van der Waals surface area contributed by atoms with E-state index in [1.165, 1.54) is 12.8 Å². The van der Waals surface area contributed by atoms with Gasteiger partial charge < -0.3 is 9.73 Å². The van der Waals surface area contributed by atoms with Gasteiger partial charge in [0.05, 0.1) is 5.69 Å². The van der Waals surface area contributed by atoms with Crippen LogP contribution in [0.1, 0.15) is 26.0 Å². The first-order valence-corrected chi connectivity index (χ1v) is 4.88. The third-order valence-electron chi connectivity index (χ3n) is 3.19. The van der Waals surface area contributed by atoms with Crippen LogP contribution in [0.4, 0.5) is 0 Å². The molecule has 3 unspecified atom stereocenters. The van der Waals surface area contributed by atoms with Crippen LogP contribution in [-0.4, -0.2) is 11.0 Å². The Morgan fingerprint density at radius 3 is 3.00 bits per heavy atom. The van der Waals surface area contributed by atoms with Crippen molar-refractivity contribution in [2.45, 2.75) is 32.9 Å². The van der Waals surface area contributed by atoms with Crippen molar-refractivity contribution in [2.75, 3.05) is 0 Å². The Labute approximate surface area is 78.5 Å². The first-order chi connectivity index (χ1) is 6.27. The monoisotopic (exact) mass is 180 g/mol. The highest BCUT2D eigenvalue weighted by atomic mass is 16.3. The van der Waals surface area contributed by atoms with Gasteiger partial charge >= 0.3 is 0 Å². The van der Waals surface area contributed by atoms with Gasteiger partial charge in [0.15, 0.2) is 6.39 Å². The molecule has 1 N–H and O–H groups in total. The minimum Gasteiger partial charge on any atom is -0.451 e. The van der Waals surface area contributed by atoms with Crippen LogP contribution < -0.4 is 5.32 Å². The van der Waals surface area contributed by atoms with Crippen molar-refractivity contribution in [1.82, 2.24) is 10.3 Å². The van der Waals surface area contributed by atoms with E-state index in [4.69, 9.17) is 4.42 Å². The fourth-order valence-corrected chi connectivity index (χ4v) is 1.86. The molecule has 1 fully saturated rings. The summed E-state index contributed by atoms with van der Waals surface area (Å²) in [5, 5.41) is 3.48. The molecule has 0 aliphatic heterocycles. The quantitative estimate of drug-likeness (QED) is 0.771. The molecular formula is C10H16N2O. The van der Waals surface area contributed by atoms with E-state index in [1.807, 2.05) is 0 Å². The standard InChI is InChI=1S/C10H16N2O/c1-7-3-10(8(7)2)11-4-9-5-13-6-12-9/h5-8,10-11H,3-4H2,1-2H3. The maximum Gasteiger partial charge on any atom is 0.180 e. The van der Waals surface area contributed by atoms with Gasteiger partial charge in [-0.15, -0.1) is 0 Å². The molecule has 3 heteroatoms. The zero-order valence-corrected chi connectivity index (χ0v) is 8.16. The lowest BCUT2D eigenvalue weighted by Gasteiger charge is -2.41. The summed E-state index contributed by atoms with van der Waals surface area (Å²) in [5.74, 6) is 1.67. The number of oxazole rings is 1. The molecule has 0 bridgehead atoms. The highest BCUT2D eigenvalue weighted by molar-refractivity contribution is 4.94. The number of nitrogens with zero attached hydrogens (tertiary/aromatic N) is 1. The van der Waals surface area contributed by atoms with E-state index in [0.29, 0.717) is 6.04 Å². The van der Waals surface area contributed by atoms with E-state index in [1.54, 1.807) is 6.26 Å². The van der Waals surface area contributed by atoms with Gasteiger partial charge in [-0.05, 0) is 18.3 Å². The number of nitrogens with one attached hydrogen (secondary N) is 1.